The van der Waals surface area contributed by atoms with Gasteiger partial charge in [-0.2, -0.15) is 0 Å². The van der Waals surface area contributed by atoms with E-state index in [0.717, 1.165) is 31.6 Å². The van der Waals surface area contributed by atoms with Gasteiger partial charge in [0.05, 0.1) is 11.2 Å². The van der Waals surface area contributed by atoms with Gasteiger partial charge < -0.3 is 15.3 Å². The number of nitrogens with one attached hydrogen (secondary N) is 1. The topological polar surface area (TPSA) is 65.5 Å². The predicted octanol–water partition coefficient (Wildman–Crippen LogP) is 1.89. The molecule has 5 heteroatoms. The second-order valence-electron chi connectivity index (χ2n) is 5.69. The molecular weight excluding hydrogens is 254 g/mol. The van der Waals surface area contributed by atoms with Crippen LogP contribution in [0.4, 0.5) is 5.82 Å². The second kappa shape index (κ2) is 6.22. The number of carbonyl (C=O) groups is 1. The molecule has 0 bridgehead atoms. The third-order valence-electron chi connectivity index (χ3n) is 3.53. The van der Waals surface area contributed by atoms with Crippen LogP contribution in [0, 0.1) is 0 Å². The first kappa shape index (κ1) is 14.8. The lowest BCUT2D eigenvalue weighted by Crippen LogP contribution is -2.48. The largest absolute Gasteiger partial charge is 0.388 e. The number of likely N-dealkylation sites (tertiary alicyclic amines) is 1. The van der Waals surface area contributed by atoms with E-state index in [4.69, 9.17) is 0 Å². The minimum atomic E-state index is -0.774. The van der Waals surface area contributed by atoms with Crippen molar-refractivity contribution in [3.63, 3.8) is 0 Å². The molecule has 2 heterocycles. The summed E-state index contributed by atoms with van der Waals surface area (Å²) in [5, 5.41) is 13.2. The standard InChI is InChI=1S/C15H23N3O2/c1-3-8-16-13-6-5-12(10-17-13)14(19)18-9-4-7-15(2,20)11-18/h5-6,10,20H,3-4,7-9,11H2,1-2H3,(H,16,17). The fourth-order valence-electron chi connectivity index (χ4n) is 2.45. The summed E-state index contributed by atoms with van der Waals surface area (Å²) in [4.78, 5) is 18.3. The summed E-state index contributed by atoms with van der Waals surface area (Å²) in [5.41, 5.74) is -0.200. The zero-order valence-electron chi connectivity index (χ0n) is 12.2. The van der Waals surface area contributed by atoms with Crippen LogP contribution in [-0.4, -0.2) is 46.1 Å². The number of carbonyl (C=O) groups excluding carboxylic acids is 1. The molecule has 2 rings (SSSR count). The highest BCUT2D eigenvalue weighted by Crippen LogP contribution is 2.21. The van der Waals surface area contributed by atoms with Gasteiger partial charge in [0, 0.05) is 25.8 Å². The van der Waals surface area contributed by atoms with Gasteiger partial charge in [-0.25, -0.2) is 4.98 Å². The van der Waals surface area contributed by atoms with Gasteiger partial charge in [0.1, 0.15) is 5.82 Å². The van der Waals surface area contributed by atoms with Crippen molar-refractivity contribution in [3.8, 4) is 0 Å². The molecule has 1 aliphatic rings. The molecule has 0 spiro atoms. The Labute approximate surface area is 120 Å². The van der Waals surface area contributed by atoms with Gasteiger partial charge >= 0.3 is 0 Å². The Bertz CT molecular complexity index is 457. The molecule has 2 N–H and O–H groups in total. The average molecular weight is 277 g/mol. The molecule has 110 valence electrons. The van der Waals surface area contributed by atoms with Crippen molar-refractivity contribution in [2.45, 2.75) is 38.7 Å². The fraction of sp³-hybridized carbons (Fsp3) is 0.600. The quantitative estimate of drug-likeness (QED) is 0.882. The second-order valence-corrected chi connectivity index (χ2v) is 5.69. The summed E-state index contributed by atoms with van der Waals surface area (Å²) in [6, 6.07) is 3.61. The number of anilines is 1. The van der Waals surface area contributed by atoms with Gasteiger partial charge in [0.25, 0.3) is 5.91 Å². The van der Waals surface area contributed by atoms with Crippen molar-refractivity contribution < 1.29 is 9.90 Å². The number of rotatable bonds is 4. The molecule has 0 aromatic carbocycles. The fourth-order valence-corrected chi connectivity index (χ4v) is 2.45. The SMILES string of the molecule is CCCNc1ccc(C(=O)N2CCCC(C)(O)C2)cn1. The van der Waals surface area contributed by atoms with Crippen LogP contribution in [0.25, 0.3) is 0 Å². The summed E-state index contributed by atoms with van der Waals surface area (Å²) in [5.74, 6) is 0.730. The lowest BCUT2D eigenvalue weighted by Gasteiger charge is -2.36. The highest BCUT2D eigenvalue weighted by Gasteiger charge is 2.31. The van der Waals surface area contributed by atoms with E-state index in [1.807, 2.05) is 6.07 Å². The van der Waals surface area contributed by atoms with Gasteiger partial charge in [-0.3, -0.25) is 4.79 Å². The van der Waals surface area contributed by atoms with Crippen molar-refractivity contribution in [2.24, 2.45) is 0 Å². The van der Waals surface area contributed by atoms with E-state index in [9.17, 15) is 9.90 Å². The van der Waals surface area contributed by atoms with Crippen LogP contribution in [0.3, 0.4) is 0 Å². The normalized spacial score (nSPS) is 22.6. The third-order valence-corrected chi connectivity index (χ3v) is 3.53. The molecule has 1 atom stereocenters. The van der Waals surface area contributed by atoms with Crippen LogP contribution in [0.2, 0.25) is 0 Å². The summed E-state index contributed by atoms with van der Waals surface area (Å²) in [6.07, 6.45) is 4.21. The molecule has 1 amide bonds. The third kappa shape index (κ3) is 3.70. The molecule has 0 radical (unpaired) electrons. The molecule has 1 saturated heterocycles. The maximum atomic E-state index is 12.4. The molecule has 1 aromatic heterocycles. The summed E-state index contributed by atoms with van der Waals surface area (Å²) < 4.78 is 0. The van der Waals surface area contributed by atoms with Crippen LogP contribution in [-0.2, 0) is 0 Å². The minimum absolute atomic E-state index is 0.0560. The van der Waals surface area contributed by atoms with Crippen LogP contribution in [0.15, 0.2) is 18.3 Å². The first-order valence-electron chi connectivity index (χ1n) is 7.23. The Hall–Kier alpha value is -1.62. The Morgan fingerprint density at radius 3 is 2.95 bits per heavy atom. The van der Waals surface area contributed by atoms with E-state index in [2.05, 4.69) is 17.2 Å². The monoisotopic (exact) mass is 277 g/mol. The Morgan fingerprint density at radius 2 is 2.35 bits per heavy atom. The van der Waals surface area contributed by atoms with Crippen LogP contribution in [0.5, 0.6) is 0 Å². The molecule has 5 nitrogen and oxygen atoms in total. The lowest BCUT2D eigenvalue weighted by molar-refractivity contribution is -0.0107. The Balaban J connectivity index is 2.01. The number of hydrogen-bond donors (Lipinski definition) is 2. The van der Waals surface area contributed by atoms with Crippen molar-refractivity contribution >= 4 is 11.7 Å². The van der Waals surface area contributed by atoms with Gasteiger partial charge in [0.2, 0.25) is 0 Å². The maximum Gasteiger partial charge on any atom is 0.255 e. The van der Waals surface area contributed by atoms with Gasteiger partial charge in [-0.05, 0) is 38.3 Å². The highest BCUT2D eigenvalue weighted by molar-refractivity contribution is 5.94. The summed E-state index contributed by atoms with van der Waals surface area (Å²) >= 11 is 0. The van der Waals surface area contributed by atoms with Crippen LogP contribution in [0.1, 0.15) is 43.5 Å². The number of aromatic nitrogens is 1. The van der Waals surface area contributed by atoms with Crippen molar-refractivity contribution in [1.82, 2.24) is 9.88 Å². The van der Waals surface area contributed by atoms with Crippen LogP contribution < -0.4 is 5.32 Å². The molecule has 20 heavy (non-hydrogen) atoms. The number of piperidine rings is 1. The van der Waals surface area contributed by atoms with E-state index >= 15 is 0 Å². The van der Waals surface area contributed by atoms with Crippen molar-refractivity contribution in [1.29, 1.82) is 0 Å². The highest BCUT2D eigenvalue weighted by atomic mass is 16.3. The van der Waals surface area contributed by atoms with E-state index in [-0.39, 0.29) is 5.91 Å². The number of aliphatic hydroxyl groups is 1. The molecule has 0 aliphatic carbocycles. The van der Waals surface area contributed by atoms with E-state index in [0.29, 0.717) is 18.7 Å². The zero-order chi connectivity index (χ0) is 14.6. The zero-order valence-corrected chi connectivity index (χ0v) is 12.2. The molecule has 1 aromatic rings. The predicted molar refractivity (Wildman–Crippen MR) is 78.8 cm³/mol. The Kier molecular flexibility index (Phi) is 4.60. The number of β-amino-alcohol motifs (C(OH)–C–C–N with tert-alkyl or cyclic N) is 1. The van der Waals surface area contributed by atoms with Crippen molar-refractivity contribution in [3.05, 3.63) is 23.9 Å². The molecule has 0 saturated carbocycles. The number of nitrogens with zero attached hydrogens (tertiary/aromatic N) is 2. The maximum absolute atomic E-state index is 12.4. The van der Waals surface area contributed by atoms with E-state index in [1.54, 1.807) is 24.1 Å². The smallest absolute Gasteiger partial charge is 0.255 e. The van der Waals surface area contributed by atoms with E-state index < -0.39 is 5.60 Å². The first-order valence-corrected chi connectivity index (χ1v) is 7.23. The average Bonchev–Trinajstić information content (AvgIpc) is 2.44. The summed E-state index contributed by atoms with van der Waals surface area (Å²) in [6.45, 7) is 5.83. The van der Waals surface area contributed by atoms with Gasteiger partial charge in [-0.15, -0.1) is 0 Å². The minimum Gasteiger partial charge on any atom is -0.388 e. The van der Waals surface area contributed by atoms with Crippen LogP contribution >= 0.6 is 0 Å². The Morgan fingerprint density at radius 1 is 1.55 bits per heavy atom. The molecule has 1 unspecified atom stereocenters. The van der Waals surface area contributed by atoms with E-state index in [1.165, 1.54) is 0 Å². The molecule has 1 fully saturated rings. The summed E-state index contributed by atoms with van der Waals surface area (Å²) in [7, 11) is 0. The number of pyridine rings is 1. The molecular formula is C15H23N3O2. The van der Waals surface area contributed by atoms with Crippen molar-refractivity contribution in [2.75, 3.05) is 25.0 Å². The van der Waals surface area contributed by atoms with Gasteiger partial charge in [0.15, 0.2) is 0 Å². The number of amides is 1. The number of hydrogen-bond acceptors (Lipinski definition) is 4. The molecule has 1 aliphatic heterocycles. The van der Waals surface area contributed by atoms with Gasteiger partial charge in [-0.1, -0.05) is 6.92 Å². The lowest BCUT2D eigenvalue weighted by atomic mass is 9.95. The first-order chi connectivity index (χ1) is 9.52.